The second kappa shape index (κ2) is 10.3. The minimum absolute atomic E-state index is 0.0454. The van der Waals surface area contributed by atoms with Gasteiger partial charge in [0.1, 0.15) is 5.82 Å². The molecule has 2 aromatic heterocycles. The molecule has 2 aromatic carbocycles. The molecule has 1 saturated carbocycles. The minimum Gasteiger partial charge on any atom is -0.379 e. The van der Waals surface area contributed by atoms with Crippen LogP contribution in [-0.2, 0) is 17.9 Å². The average molecular weight is 520 g/mol. The van der Waals surface area contributed by atoms with Crippen LogP contribution in [0.1, 0.15) is 31.0 Å². The number of aryl methyl sites for hydroxylation is 1. The summed E-state index contributed by atoms with van der Waals surface area (Å²) < 4.78 is 14.9. The Morgan fingerprint density at radius 2 is 1.97 bits per heavy atom. The third-order valence-electron chi connectivity index (χ3n) is 6.57. The van der Waals surface area contributed by atoms with Crippen LogP contribution < -0.4 is 16.2 Å². The molecule has 4 aromatic rings. The third-order valence-corrected chi connectivity index (χ3v) is 6.92. The van der Waals surface area contributed by atoms with Crippen molar-refractivity contribution in [2.75, 3.05) is 5.32 Å². The summed E-state index contributed by atoms with van der Waals surface area (Å²) >= 11 is 6.16. The van der Waals surface area contributed by atoms with Crippen LogP contribution in [0.25, 0.3) is 22.0 Å². The number of hydrogen-bond donors (Lipinski definition) is 2. The molecule has 1 fully saturated rings. The van der Waals surface area contributed by atoms with E-state index < -0.39 is 0 Å². The van der Waals surface area contributed by atoms with Gasteiger partial charge in [0.05, 0.1) is 34.5 Å². The van der Waals surface area contributed by atoms with Crippen molar-refractivity contribution < 1.29 is 9.18 Å². The monoisotopic (exact) mass is 519 g/mol. The Morgan fingerprint density at radius 3 is 2.73 bits per heavy atom. The van der Waals surface area contributed by atoms with Gasteiger partial charge in [-0.3, -0.25) is 19.1 Å². The molecule has 0 unspecified atom stereocenters. The van der Waals surface area contributed by atoms with E-state index in [2.05, 4.69) is 20.6 Å². The standard InChI is InChI=1S/C28H27ClFN5O2/c1-16(27(36)34-22-6-7-22)14-35-15-33-25-8-4-18(9-23(25)28(35)37)20-10-26(17(2)31-13-20)32-12-19-3-5-21(30)11-24(19)29/h3-5,8-11,13,15-16,22,32H,6-7,12,14H2,1-2H3,(H,34,36)/t16-/m1/s1. The Kier molecular flexibility index (Phi) is 6.93. The highest BCUT2D eigenvalue weighted by atomic mass is 35.5. The van der Waals surface area contributed by atoms with Crippen LogP contribution in [0, 0.1) is 18.7 Å². The lowest BCUT2D eigenvalue weighted by molar-refractivity contribution is -0.125. The van der Waals surface area contributed by atoms with E-state index in [-0.39, 0.29) is 35.8 Å². The fraction of sp³-hybridized carbons (Fsp3) is 0.286. The van der Waals surface area contributed by atoms with Gasteiger partial charge in [-0.25, -0.2) is 9.37 Å². The van der Waals surface area contributed by atoms with Crippen LogP contribution in [0.15, 0.2) is 59.8 Å². The van der Waals surface area contributed by atoms with E-state index in [9.17, 15) is 14.0 Å². The summed E-state index contributed by atoms with van der Waals surface area (Å²) in [6.07, 6.45) is 5.29. The van der Waals surface area contributed by atoms with Gasteiger partial charge < -0.3 is 10.6 Å². The van der Waals surface area contributed by atoms with Crippen molar-refractivity contribution in [2.24, 2.45) is 5.92 Å². The largest absolute Gasteiger partial charge is 0.379 e. The highest BCUT2D eigenvalue weighted by Gasteiger charge is 2.26. The third kappa shape index (κ3) is 5.64. The van der Waals surface area contributed by atoms with Crippen LogP contribution in [0.4, 0.5) is 10.1 Å². The Labute approximate surface area is 218 Å². The number of anilines is 1. The molecule has 1 aliphatic carbocycles. The zero-order valence-electron chi connectivity index (χ0n) is 20.6. The molecule has 1 atom stereocenters. The van der Waals surface area contributed by atoms with Crippen LogP contribution in [0.2, 0.25) is 5.02 Å². The Hall–Kier alpha value is -3.78. The van der Waals surface area contributed by atoms with Gasteiger partial charge in [-0.1, -0.05) is 30.7 Å². The zero-order valence-corrected chi connectivity index (χ0v) is 21.3. The number of nitrogens with zero attached hydrogens (tertiary/aromatic N) is 3. The van der Waals surface area contributed by atoms with E-state index in [1.165, 1.54) is 23.0 Å². The van der Waals surface area contributed by atoms with Crippen LogP contribution >= 0.6 is 11.6 Å². The number of amides is 1. The summed E-state index contributed by atoms with van der Waals surface area (Å²) in [6, 6.07) is 12.1. The molecule has 2 N–H and O–H groups in total. The normalized spacial score (nSPS) is 13.9. The van der Waals surface area contributed by atoms with Gasteiger partial charge in [0.2, 0.25) is 5.91 Å². The van der Waals surface area contributed by atoms with Crippen molar-refractivity contribution in [3.8, 4) is 11.1 Å². The first-order valence-electron chi connectivity index (χ1n) is 12.2. The maximum Gasteiger partial charge on any atom is 0.261 e. The van der Waals surface area contributed by atoms with Crippen molar-refractivity contribution in [2.45, 2.75) is 45.8 Å². The van der Waals surface area contributed by atoms with E-state index >= 15 is 0 Å². The van der Waals surface area contributed by atoms with Gasteiger partial charge in [-0.2, -0.15) is 0 Å². The quantitative estimate of drug-likeness (QED) is 0.338. The number of nitrogens with one attached hydrogen (secondary N) is 2. The smallest absolute Gasteiger partial charge is 0.261 e. The van der Waals surface area contributed by atoms with Crippen molar-refractivity contribution in [1.29, 1.82) is 0 Å². The highest BCUT2D eigenvalue weighted by molar-refractivity contribution is 6.31. The summed E-state index contributed by atoms with van der Waals surface area (Å²) in [5.41, 5.74) is 4.41. The summed E-state index contributed by atoms with van der Waals surface area (Å²) in [7, 11) is 0. The average Bonchev–Trinajstić information content (AvgIpc) is 3.70. The van der Waals surface area contributed by atoms with E-state index in [0.717, 1.165) is 40.9 Å². The summed E-state index contributed by atoms with van der Waals surface area (Å²) in [5, 5.41) is 7.14. The first-order chi connectivity index (χ1) is 17.8. The Morgan fingerprint density at radius 1 is 1.16 bits per heavy atom. The second-order valence-electron chi connectivity index (χ2n) is 9.56. The molecule has 0 radical (unpaired) electrons. The topological polar surface area (TPSA) is 88.9 Å². The van der Waals surface area contributed by atoms with Gasteiger partial charge in [-0.15, -0.1) is 0 Å². The molecule has 5 rings (SSSR count). The lowest BCUT2D eigenvalue weighted by Crippen LogP contribution is -2.35. The molecular weight excluding hydrogens is 493 g/mol. The number of aromatic nitrogens is 3. The van der Waals surface area contributed by atoms with E-state index in [1.807, 2.05) is 38.1 Å². The lowest BCUT2D eigenvalue weighted by Gasteiger charge is -2.14. The van der Waals surface area contributed by atoms with Gasteiger partial charge in [-0.05, 0) is 61.2 Å². The number of carbonyl (C=O) groups is 1. The van der Waals surface area contributed by atoms with E-state index in [4.69, 9.17) is 11.6 Å². The number of hydrogen-bond acceptors (Lipinski definition) is 5. The molecule has 37 heavy (non-hydrogen) atoms. The maximum atomic E-state index is 13.4. The number of rotatable bonds is 8. The van der Waals surface area contributed by atoms with Gasteiger partial charge in [0, 0.05) is 35.9 Å². The summed E-state index contributed by atoms with van der Waals surface area (Å²) in [6.45, 7) is 4.37. The molecule has 0 aliphatic heterocycles. The highest BCUT2D eigenvalue weighted by Crippen LogP contribution is 2.27. The van der Waals surface area contributed by atoms with Crippen molar-refractivity contribution in [1.82, 2.24) is 19.9 Å². The minimum atomic E-state index is -0.380. The number of fused-ring (bicyclic) bond motifs is 1. The molecule has 1 amide bonds. The van der Waals surface area contributed by atoms with Crippen molar-refractivity contribution in [3.05, 3.63) is 87.4 Å². The van der Waals surface area contributed by atoms with Gasteiger partial charge >= 0.3 is 0 Å². The molecule has 0 saturated heterocycles. The molecule has 0 spiro atoms. The molecule has 0 bridgehead atoms. The summed E-state index contributed by atoms with van der Waals surface area (Å²) in [5.74, 6) is -0.768. The number of carbonyl (C=O) groups excluding carboxylic acids is 1. The van der Waals surface area contributed by atoms with Crippen molar-refractivity contribution in [3.63, 3.8) is 0 Å². The first kappa shape index (κ1) is 24.9. The number of pyridine rings is 1. The predicted molar refractivity (Wildman–Crippen MR) is 143 cm³/mol. The number of halogens is 2. The molecule has 7 nitrogen and oxygen atoms in total. The van der Waals surface area contributed by atoms with Crippen LogP contribution in [0.3, 0.4) is 0 Å². The molecule has 1 aliphatic rings. The van der Waals surface area contributed by atoms with Gasteiger partial charge in [0.15, 0.2) is 0 Å². The van der Waals surface area contributed by atoms with Crippen LogP contribution in [0.5, 0.6) is 0 Å². The predicted octanol–water partition coefficient (Wildman–Crippen LogP) is 5.09. The SMILES string of the molecule is Cc1ncc(-c2ccc3ncn(C[C@@H](C)C(=O)NC4CC4)c(=O)c3c2)cc1NCc1ccc(F)cc1Cl. The fourth-order valence-corrected chi connectivity index (χ4v) is 4.38. The Bertz CT molecular complexity index is 1550. The molecule has 2 heterocycles. The summed E-state index contributed by atoms with van der Waals surface area (Å²) in [4.78, 5) is 34.6. The number of benzene rings is 2. The van der Waals surface area contributed by atoms with Crippen LogP contribution in [-0.4, -0.2) is 26.5 Å². The van der Waals surface area contributed by atoms with E-state index in [1.54, 1.807) is 12.3 Å². The molecule has 9 heteroatoms. The van der Waals surface area contributed by atoms with Crippen molar-refractivity contribution >= 4 is 34.1 Å². The second-order valence-corrected chi connectivity index (χ2v) is 9.97. The lowest BCUT2D eigenvalue weighted by atomic mass is 10.0. The Balaban J connectivity index is 1.39. The fourth-order valence-electron chi connectivity index (χ4n) is 4.14. The zero-order chi connectivity index (χ0) is 26.1. The first-order valence-corrected chi connectivity index (χ1v) is 12.6. The molecule has 190 valence electrons. The van der Waals surface area contributed by atoms with E-state index in [0.29, 0.717) is 22.5 Å². The maximum absolute atomic E-state index is 13.4. The molecular formula is C28H27ClFN5O2. The van der Waals surface area contributed by atoms with Gasteiger partial charge in [0.25, 0.3) is 5.56 Å².